The lowest BCUT2D eigenvalue weighted by Gasteiger charge is -2.32. The average Bonchev–Trinajstić information content (AvgIpc) is 3.06. The molecule has 2 atom stereocenters. The topological polar surface area (TPSA) is 41.1 Å². The van der Waals surface area contributed by atoms with Crippen LogP contribution in [0.5, 0.6) is 0 Å². The van der Waals surface area contributed by atoms with E-state index in [-0.39, 0.29) is 0 Å². The van der Waals surface area contributed by atoms with Gasteiger partial charge in [-0.25, -0.2) is 9.97 Å². The molecule has 2 fully saturated rings. The van der Waals surface area contributed by atoms with E-state index in [0.717, 1.165) is 11.3 Å². The molecule has 19 heavy (non-hydrogen) atoms. The Hall–Kier alpha value is -1.20. The molecule has 100 valence electrons. The standard InChI is InChI=1S/C14H18N4S/c1-2-6-18-7-4-10(12(18)3-1)17-14-13-11(5-8-19-13)15-9-16-14/h5,8-10,12H,1-4,6-7H2,(H,15,16,17)/t10-,12+/m1/s1. The van der Waals surface area contributed by atoms with E-state index in [1.165, 1.54) is 43.5 Å². The first-order valence-corrected chi connectivity index (χ1v) is 7.98. The zero-order valence-corrected chi connectivity index (χ0v) is 11.7. The van der Waals surface area contributed by atoms with Crippen molar-refractivity contribution in [1.82, 2.24) is 14.9 Å². The molecule has 0 bridgehead atoms. The lowest BCUT2D eigenvalue weighted by molar-refractivity contribution is 0.192. The van der Waals surface area contributed by atoms with Crippen LogP contribution in [0.1, 0.15) is 25.7 Å². The molecule has 0 spiro atoms. The Morgan fingerprint density at radius 3 is 3.21 bits per heavy atom. The Balaban J connectivity index is 1.59. The van der Waals surface area contributed by atoms with Crippen LogP contribution in [0, 0.1) is 0 Å². The fraction of sp³-hybridized carbons (Fsp3) is 0.571. The maximum Gasteiger partial charge on any atom is 0.147 e. The van der Waals surface area contributed by atoms with Gasteiger partial charge in [0.25, 0.3) is 0 Å². The van der Waals surface area contributed by atoms with E-state index in [1.807, 2.05) is 0 Å². The van der Waals surface area contributed by atoms with Crippen molar-refractivity contribution in [1.29, 1.82) is 0 Å². The summed E-state index contributed by atoms with van der Waals surface area (Å²) in [6.45, 7) is 2.52. The normalized spacial score (nSPS) is 27.6. The fourth-order valence-corrected chi connectivity index (χ4v) is 4.28. The largest absolute Gasteiger partial charge is 0.364 e. The van der Waals surface area contributed by atoms with E-state index >= 15 is 0 Å². The number of nitrogens with zero attached hydrogens (tertiary/aromatic N) is 3. The van der Waals surface area contributed by atoms with Crippen LogP contribution in [0.15, 0.2) is 17.8 Å². The minimum Gasteiger partial charge on any atom is -0.364 e. The van der Waals surface area contributed by atoms with Gasteiger partial charge in [0.15, 0.2) is 0 Å². The van der Waals surface area contributed by atoms with E-state index in [9.17, 15) is 0 Å². The highest BCUT2D eigenvalue weighted by molar-refractivity contribution is 7.17. The number of piperidine rings is 1. The summed E-state index contributed by atoms with van der Waals surface area (Å²) in [6.07, 6.45) is 6.98. The lowest BCUT2D eigenvalue weighted by Crippen LogP contribution is -2.41. The number of thiophene rings is 1. The van der Waals surface area contributed by atoms with Crippen LogP contribution >= 0.6 is 11.3 Å². The number of anilines is 1. The molecule has 4 rings (SSSR count). The second kappa shape index (κ2) is 4.72. The van der Waals surface area contributed by atoms with E-state index in [2.05, 4.69) is 31.6 Å². The summed E-state index contributed by atoms with van der Waals surface area (Å²) in [6, 6.07) is 3.33. The van der Waals surface area contributed by atoms with E-state index in [4.69, 9.17) is 0 Å². The first kappa shape index (κ1) is 11.6. The van der Waals surface area contributed by atoms with Gasteiger partial charge in [-0.2, -0.15) is 0 Å². The SMILES string of the molecule is c1nc(N[C@@H]2CCN3CCCC[C@@H]23)c2sccc2n1. The zero-order valence-electron chi connectivity index (χ0n) is 10.9. The third kappa shape index (κ3) is 2.01. The van der Waals surface area contributed by atoms with Crippen LogP contribution in [-0.2, 0) is 0 Å². The minimum atomic E-state index is 0.556. The zero-order chi connectivity index (χ0) is 12.7. The van der Waals surface area contributed by atoms with E-state index in [1.54, 1.807) is 17.7 Å². The summed E-state index contributed by atoms with van der Waals surface area (Å²) in [4.78, 5) is 11.4. The monoisotopic (exact) mass is 274 g/mol. The lowest BCUT2D eigenvalue weighted by atomic mass is 9.99. The van der Waals surface area contributed by atoms with Gasteiger partial charge >= 0.3 is 0 Å². The van der Waals surface area contributed by atoms with Crippen molar-refractivity contribution in [2.24, 2.45) is 0 Å². The maximum atomic E-state index is 4.45. The van der Waals surface area contributed by atoms with Crippen molar-refractivity contribution in [3.63, 3.8) is 0 Å². The van der Waals surface area contributed by atoms with Crippen LogP contribution in [0.3, 0.4) is 0 Å². The number of hydrogen-bond acceptors (Lipinski definition) is 5. The number of aromatic nitrogens is 2. The van der Waals surface area contributed by atoms with Crippen molar-refractivity contribution < 1.29 is 0 Å². The van der Waals surface area contributed by atoms with Crippen LogP contribution in [-0.4, -0.2) is 40.0 Å². The van der Waals surface area contributed by atoms with Crippen molar-refractivity contribution in [2.45, 2.75) is 37.8 Å². The van der Waals surface area contributed by atoms with Gasteiger partial charge in [0.2, 0.25) is 0 Å². The van der Waals surface area contributed by atoms with Gasteiger partial charge in [-0.05, 0) is 37.3 Å². The summed E-state index contributed by atoms with van der Waals surface area (Å²) in [5.41, 5.74) is 1.06. The van der Waals surface area contributed by atoms with Gasteiger partial charge in [0.1, 0.15) is 12.1 Å². The highest BCUT2D eigenvalue weighted by Crippen LogP contribution is 2.31. The molecule has 5 heteroatoms. The van der Waals surface area contributed by atoms with Gasteiger partial charge in [0, 0.05) is 18.6 Å². The van der Waals surface area contributed by atoms with E-state index in [0.29, 0.717) is 12.1 Å². The highest BCUT2D eigenvalue weighted by atomic mass is 32.1. The summed E-state index contributed by atoms with van der Waals surface area (Å²) in [5, 5.41) is 5.78. The molecule has 0 radical (unpaired) electrons. The quantitative estimate of drug-likeness (QED) is 0.914. The highest BCUT2D eigenvalue weighted by Gasteiger charge is 2.35. The molecule has 2 aromatic rings. The Labute approximate surface area is 116 Å². The van der Waals surface area contributed by atoms with Gasteiger partial charge in [0.05, 0.1) is 10.2 Å². The smallest absolute Gasteiger partial charge is 0.147 e. The fourth-order valence-electron chi connectivity index (χ4n) is 3.48. The Bertz CT molecular complexity index is 582. The number of rotatable bonds is 2. The first-order chi connectivity index (χ1) is 9.42. The average molecular weight is 274 g/mol. The third-order valence-corrected chi connectivity index (χ3v) is 5.33. The molecule has 2 aliphatic heterocycles. The van der Waals surface area contributed by atoms with Gasteiger partial charge in [-0.15, -0.1) is 11.3 Å². The molecule has 0 unspecified atom stereocenters. The van der Waals surface area contributed by atoms with Crippen molar-refractivity contribution >= 4 is 27.4 Å². The van der Waals surface area contributed by atoms with Crippen molar-refractivity contribution in [3.05, 3.63) is 17.8 Å². The summed E-state index contributed by atoms with van der Waals surface area (Å²) in [7, 11) is 0. The maximum absolute atomic E-state index is 4.45. The third-order valence-electron chi connectivity index (χ3n) is 4.42. The Morgan fingerprint density at radius 2 is 2.21 bits per heavy atom. The summed E-state index contributed by atoms with van der Waals surface area (Å²) >= 11 is 1.73. The second-order valence-electron chi connectivity index (χ2n) is 5.50. The molecule has 4 nitrogen and oxygen atoms in total. The molecule has 2 aromatic heterocycles. The minimum absolute atomic E-state index is 0.556. The molecule has 0 amide bonds. The van der Waals surface area contributed by atoms with Crippen molar-refractivity contribution in [3.8, 4) is 0 Å². The molecule has 2 saturated heterocycles. The number of fused-ring (bicyclic) bond motifs is 2. The molecular weight excluding hydrogens is 256 g/mol. The van der Waals surface area contributed by atoms with Gasteiger partial charge in [-0.1, -0.05) is 6.42 Å². The molecular formula is C14H18N4S. The Kier molecular flexibility index (Phi) is 2.89. The van der Waals surface area contributed by atoms with Crippen LogP contribution in [0.25, 0.3) is 10.2 Å². The molecule has 2 aliphatic rings. The molecule has 0 aliphatic carbocycles. The molecule has 1 N–H and O–H groups in total. The number of hydrogen-bond donors (Lipinski definition) is 1. The first-order valence-electron chi connectivity index (χ1n) is 7.10. The van der Waals surface area contributed by atoms with Crippen molar-refractivity contribution in [2.75, 3.05) is 18.4 Å². The second-order valence-corrected chi connectivity index (χ2v) is 6.41. The number of nitrogens with one attached hydrogen (secondary N) is 1. The predicted octanol–water partition coefficient (Wildman–Crippen LogP) is 2.73. The molecule has 4 heterocycles. The molecule has 0 saturated carbocycles. The van der Waals surface area contributed by atoms with Crippen LogP contribution < -0.4 is 5.32 Å². The Morgan fingerprint density at radius 1 is 1.21 bits per heavy atom. The van der Waals surface area contributed by atoms with Gasteiger partial charge in [-0.3, -0.25) is 4.90 Å². The predicted molar refractivity (Wildman–Crippen MR) is 78.7 cm³/mol. The van der Waals surface area contributed by atoms with E-state index < -0.39 is 0 Å². The molecule has 0 aromatic carbocycles. The summed E-state index contributed by atoms with van der Waals surface area (Å²) < 4.78 is 1.19. The van der Waals surface area contributed by atoms with Crippen LogP contribution in [0.2, 0.25) is 0 Å². The van der Waals surface area contributed by atoms with Gasteiger partial charge < -0.3 is 5.32 Å². The van der Waals surface area contributed by atoms with Crippen LogP contribution in [0.4, 0.5) is 5.82 Å². The summed E-state index contributed by atoms with van der Waals surface area (Å²) in [5.74, 6) is 1.03.